The fraction of sp³-hybridized carbons (Fsp3) is 0.800. The molecule has 2 N–H and O–H groups in total. The Morgan fingerprint density at radius 3 is 2.04 bits per heavy atom. The van der Waals surface area contributed by atoms with Gasteiger partial charge in [-0.15, -0.1) is 11.6 Å². The maximum absolute atomic E-state index is 12.6. The molecule has 0 aliphatic heterocycles. The number of ketones is 2. The Balaban J connectivity index is 4.50. The van der Waals surface area contributed by atoms with E-state index in [2.05, 4.69) is 10.6 Å². The van der Waals surface area contributed by atoms with Gasteiger partial charge in [0, 0.05) is 30.7 Å². The van der Waals surface area contributed by atoms with E-state index in [0.29, 0.717) is 19.4 Å². The van der Waals surface area contributed by atoms with Gasteiger partial charge in [0.1, 0.15) is 11.7 Å². The van der Waals surface area contributed by atoms with Gasteiger partial charge in [-0.05, 0) is 18.8 Å². The van der Waals surface area contributed by atoms with Gasteiger partial charge in [-0.1, -0.05) is 41.5 Å². The fourth-order valence-electron chi connectivity index (χ4n) is 2.81. The molecule has 0 aromatic carbocycles. The average Bonchev–Trinajstić information content (AvgIpc) is 2.56. The van der Waals surface area contributed by atoms with E-state index in [4.69, 9.17) is 11.6 Å². The van der Waals surface area contributed by atoms with E-state index < -0.39 is 11.5 Å². The van der Waals surface area contributed by atoms with Crippen LogP contribution in [0.1, 0.15) is 67.2 Å². The van der Waals surface area contributed by atoms with Crippen LogP contribution in [0.4, 0.5) is 0 Å². The van der Waals surface area contributed by atoms with Gasteiger partial charge >= 0.3 is 0 Å². The number of rotatable bonds is 12. The molecule has 2 amide bonds. The number of Topliss-reactive ketones (excluding diaryl/α,β-unsaturated/α-hetero) is 2. The first-order valence-corrected chi connectivity index (χ1v) is 10.1. The lowest BCUT2D eigenvalue weighted by atomic mass is 9.80. The van der Waals surface area contributed by atoms with Gasteiger partial charge in [-0.25, -0.2) is 0 Å². The highest BCUT2D eigenvalue weighted by molar-refractivity contribution is 6.27. The van der Waals surface area contributed by atoms with E-state index in [-0.39, 0.29) is 53.9 Å². The number of hydrogen-bond acceptors (Lipinski definition) is 4. The van der Waals surface area contributed by atoms with E-state index in [1.807, 2.05) is 34.6 Å². The van der Waals surface area contributed by atoms with Crippen molar-refractivity contribution in [2.24, 2.45) is 17.3 Å². The second kappa shape index (κ2) is 12.1. The fourth-order valence-corrected chi connectivity index (χ4v) is 2.91. The summed E-state index contributed by atoms with van der Waals surface area (Å²) < 4.78 is 0. The standard InChI is InChI=1S/C20H35ClN2O4/c1-13(2)18(15(24)11-14(3)19(27)20(4,5)6)23-16(25)9-7-8-10-22-17(26)12-21/h13-14,18H,7-12H2,1-6H3,(H,22,26)(H,23,25)/t14-,18+/m1/s1. The minimum Gasteiger partial charge on any atom is -0.355 e. The van der Waals surface area contributed by atoms with Crippen molar-refractivity contribution in [3.8, 4) is 0 Å². The number of halogens is 1. The van der Waals surface area contributed by atoms with E-state index in [0.717, 1.165) is 0 Å². The highest BCUT2D eigenvalue weighted by Gasteiger charge is 2.31. The van der Waals surface area contributed by atoms with Crippen molar-refractivity contribution in [3.05, 3.63) is 0 Å². The summed E-state index contributed by atoms with van der Waals surface area (Å²) in [6.45, 7) is 11.5. The first-order valence-electron chi connectivity index (χ1n) is 9.59. The minimum atomic E-state index is -0.594. The normalized spacial score (nSPS) is 13.8. The molecular formula is C20H35ClN2O4. The number of carbonyl (C=O) groups excluding carboxylic acids is 4. The van der Waals surface area contributed by atoms with Crippen molar-refractivity contribution in [1.82, 2.24) is 10.6 Å². The zero-order chi connectivity index (χ0) is 21.2. The lowest BCUT2D eigenvalue weighted by molar-refractivity contribution is -0.134. The molecule has 27 heavy (non-hydrogen) atoms. The number of hydrogen-bond donors (Lipinski definition) is 2. The van der Waals surface area contributed by atoms with Crippen LogP contribution >= 0.6 is 11.6 Å². The molecule has 0 aliphatic carbocycles. The minimum absolute atomic E-state index is 0.0451. The van der Waals surface area contributed by atoms with Gasteiger partial charge < -0.3 is 10.6 Å². The molecule has 156 valence electrons. The van der Waals surface area contributed by atoms with Crippen LogP contribution < -0.4 is 10.6 Å². The maximum atomic E-state index is 12.6. The smallest absolute Gasteiger partial charge is 0.234 e. The summed E-state index contributed by atoms with van der Waals surface area (Å²) in [7, 11) is 0. The van der Waals surface area contributed by atoms with E-state index in [9.17, 15) is 19.2 Å². The Kier molecular flexibility index (Phi) is 11.5. The second-order valence-corrected chi connectivity index (χ2v) is 8.68. The summed E-state index contributed by atoms with van der Waals surface area (Å²) >= 11 is 5.38. The molecule has 0 saturated carbocycles. The molecule has 0 fully saturated rings. The molecule has 7 heteroatoms. The van der Waals surface area contributed by atoms with Crippen molar-refractivity contribution in [1.29, 1.82) is 0 Å². The second-order valence-electron chi connectivity index (χ2n) is 8.42. The van der Waals surface area contributed by atoms with Crippen molar-refractivity contribution < 1.29 is 19.2 Å². The predicted octanol–water partition coefficient (Wildman–Crippen LogP) is 2.86. The molecule has 0 rings (SSSR count). The van der Waals surface area contributed by atoms with Crippen molar-refractivity contribution in [2.45, 2.75) is 73.3 Å². The SMILES string of the molecule is CC(C)[C@H](NC(=O)CCCCNC(=O)CCl)C(=O)C[C@@H](C)C(=O)C(C)(C)C. The molecule has 0 heterocycles. The summed E-state index contributed by atoms with van der Waals surface area (Å²) in [4.78, 5) is 48.1. The Labute approximate surface area is 168 Å². The molecular weight excluding hydrogens is 368 g/mol. The molecule has 6 nitrogen and oxygen atoms in total. The van der Waals surface area contributed by atoms with Crippen LogP contribution in [-0.4, -0.2) is 41.8 Å². The van der Waals surface area contributed by atoms with Crippen LogP contribution in [-0.2, 0) is 19.2 Å². The highest BCUT2D eigenvalue weighted by atomic mass is 35.5. The van der Waals surface area contributed by atoms with Crippen molar-refractivity contribution in [2.75, 3.05) is 12.4 Å². The Hall–Kier alpha value is -1.43. The highest BCUT2D eigenvalue weighted by Crippen LogP contribution is 2.23. The lowest BCUT2D eigenvalue weighted by Gasteiger charge is -2.25. The van der Waals surface area contributed by atoms with E-state index in [1.165, 1.54) is 0 Å². The number of amides is 2. The van der Waals surface area contributed by atoms with E-state index >= 15 is 0 Å². The Morgan fingerprint density at radius 1 is 0.963 bits per heavy atom. The summed E-state index contributed by atoms with van der Waals surface area (Å²) in [5.41, 5.74) is -0.491. The Bertz CT molecular complexity index is 527. The van der Waals surface area contributed by atoms with Gasteiger partial charge in [-0.3, -0.25) is 19.2 Å². The maximum Gasteiger partial charge on any atom is 0.234 e. The molecule has 0 unspecified atom stereocenters. The van der Waals surface area contributed by atoms with Crippen LogP contribution in [0.3, 0.4) is 0 Å². The summed E-state index contributed by atoms with van der Waals surface area (Å²) in [6, 6.07) is -0.594. The van der Waals surface area contributed by atoms with Crippen LogP contribution in [0.25, 0.3) is 0 Å². The molecule has 0 aromatic rings. The first-order chi connectivity index (χ1) is 12.4. The summed E-state index contributed by atoms with van der Waals surface area (Å²) in [5, 5.41) is 5.44. The van der Waals surface area contributed by atoms with Gasteiger partial charge in [-0.2, -0.15) is 0 Å². The van der Waals surface area contributed by atoms with Gasteiger partial charge in [0.25, 0.3) is 0 Å². The number of carbonyl (C=O) groups is 4. The van der Waals surface area contributed by atoms with Crippen molar-refractivity contribution in [3.63, 3.8) is 0 Å². The molecule has 0 radical (unpaired) electrons. The van der Waals surface area contributed by atoms with E-state index in [1.54, 1.807) is 6.92 Å². The van der Waals surface area contributed by atoms with Gasteiger partial charge in [0.2, 0.25) is 11.8 Å². The van der Waals surface area contributed by atoms with Crippen LogP contribution in [0.2, 0.25) is 0 Å². The molecule has 0 saturated heterocycles. The third kappa shape index (κ3) is 10.5. The zero-order valence-corrected chi connectivity index (χ0v) is 18.2. The molecule has 2 atom stereocenters. The summed E-state index contributed by atoms with van der Waals surface area (Å²) in [5.74, 6) is -0.996. The topological polar surface area (TPSA) is 92.3 Å². The lowest BCUT2D eigenvalue weighted by Crippen LogP contribution is -2.45. The van der Waals surface area contributed by atoms with Gasteiger partial charge in [0.15, 0.2) is 5.78 Å². The molecule has 0 aromatic heterocycles. The van der Waals surface area contributed by atoms with Crippen molar-refractivity contribution >= 4 is 35.0 Å². The average molecular weight is 403 g/mol. The third-order valence-electron chi connectivity index (χ3n) is 4.30. The van der Waals surface area contributed by atoms with Crippen LogP contribution in [0.15, 0.2) is 0 Å². The zero-order valence-electron chi connectivity index (χ0n) is 17.5. The molecule has 0 bridgehead atoms. The number of alkyl halides is 1. The first kappa shape index (κ1) is 25.6. The number of nitrogens with one attached hydrogen (secondary N) is 2. The largest absolute Gasteiger partial charge is 0.355 e. The monoisotopic (exact) mass is 402 g/mol. The molecule has 0 aliphatic rings. The molecule has 0 spiro atoms. The summed E-state index contributed by atoms with van der Waals surface area (Å²) in [6.07, 6.45) is 1.67. The predicted molar refractivity (Wildman–Crippen MR) is 108 cm³/mol. The third-order valence-corrected chi connectivity index (χ3v) is 4.54. The number of unbranched alkanes of at least 4 members (excludes halogenated alkanes) is 1. The van der Waals surface area contributed by atoms with Crippen LogP contribution in [0, 0.1) is 17.3 Å². The Morgan fingerprint density at radius 2 is 1.56 bits per heavy atom. The van der Waals surface area contributed by atoms with Gasteiger partial charge in [0.05, 0.1) is 6.04 Å². The quantitative estimate of drug-likeness (QED) is 0.387. The van der Waals surface area contributed by atoms with Crippen LogP contribution in [0.5, 0.6) is 0 Å².